The Morgan fingerprint density at radius 1 is 1.02 bits per heavy atom. The van der Waals surface area contributed by atoms with E-state index in [1.165, 1.54) is 6.42 Å². The smallest absolute Gasteiger partial charge is 0.319 e. The van der Waals surface area contributed by atoms with E-state index in [1.54, 1.807) is 23.1 Å². The number of aliphatic hydroxyl groups is 1. The number of carbonyl (C=O) groups is 2. The maximum atomic E-state index is 13.8. The molecule has 3 aromatic rings. The number of nitrogens with zero attached hydrogens (tertiary/aromatic N) is 2. The lowest BCUT2D eigenvalue weighted by Crippen LogP contribution is -2.50. The highest BCUT2D eigenvalue weighted by Gasteiger charge is 2.34. The summed E-state index contributed by atoms with van der Waals surface area (Å²) in [6.45, 7) is 5.47. The Balaban J connectivity index is 1.32. The summed E-state index contributed by atoms with van der Waals surface area (Å²) in [4.78, 5) is 30.8. The van der Waals surface area contributed by atoms with Crippen LogP contribution in [0.25, 0.3) is 0 Å². The van der Waals surface area contributed by atoms with Crippen LogP contribution in [0.15, 0.2) is 72.8 Å². The summed E-state index contributed by atoms with van der Waals surface area (Å²) in [6.07, 6.45) is 5.07. The molecule has 45 heavy (non-hydrogen) atoms. The lowest BCUT2D eigenvalue weighted by atomic mass is 9.96. The van der Waals surface area contributed by atoms with E-state index in [1.807, 2.05) is 56.4 Å². The van der Waals surface area contributed by atoms with Gasteiger partial charge in [0.15, 0.2) is 5.75 Å². The maximum absolute atomic E-state index is 13.8. The number of para-hydroxylation sites is 2. The predicted octanol–water partition coefficient (Wildman–Crippen LogP) is 6.29. The maximum Gasteiger partial charge on any atom is 0.319 e. The third-order valence-electron chi connectivity index (χ3n) is 8.73. The third-order valence-corrected chi connectivity index (χ3v) is 8.73. The number of anilines is 1. The number of likely N-dealkylation sites (N-methyl/N-ethyl adjacent to an activating group) is 1. The molecule has 1 saturated carbocycles. The minimum Gasteiger partial charge on any atom is -0.486 e. The molecule has 0 aromatic heterocycles. The van der Waals surface area contributed by atoms with E-state index in [2.05, 4.69) is 34.6 Å². The van der Waals surface area contributed by atoms with E-state index in [4.69, 9.17) is 9.47 Å². The number of fused-ring (bicyclic) bond motifs is 1. The summed E-state index contributed by atoms with van der Waals surface area (Å²) in [6, 6.07) is 22.5. The summed E-state index contributed by atoms with van der Waals surface area (Å²) in [5, 5.41) is 16.1. The Morgan fingerprint density at radius 3 is 2.44 bits per heavy atom. The number of benzene rings is 3. The summed E-state index contributed by atoms with van der Waals surface area (Å²) < 4.78 is 12.6. The first-order valence-electron chi connectivity index (χ1n) is 16.1. The molecule has 240 valence electrons. The van der Waals surface area contributed by atoms with Gasteiger partial charge in [-0.15, -0.1) is 0 Å². The van der Waals surface area contributed by atoms with Crippen LogP contribution in [0.2, 0.25) is 0 Å². The quantitative estimate of drug-likeness (QED) is 0.248. The molecule has 9 nitrogen and oxygen atoms in total. The number of hydrogen-bond donors (Lipinski definition) is 3. The van der Waals surface area contributed by atoms with Crippen LogP contribution in [0.1, 0.15) is 61.9 Å². The molecular formula is C36H46N4O5. The lowest BCUT2D eigenvalue weighted by Gasteiger charge is -2.38. The highest BCUT2D eigenvalue weighted by Crippen LogP contribution is 2.35. The van der Waals surface area contributed by atoms with Crippen LogP contribution in [0.4, 0.5) is 10.5 Å². The number of urea groups is 1. The predicted molar refractivity (Wildman–Crippen MR) is 176 cm³/mol. The molecule has 0 bridgehead atoms. The van der Waals surface area contributed by atoms with Gasteiger partial charge in [0.2, 0.25) is 0 Å². The Hall–Kier alpha value is -4.08. The van der Waals surface area contributed by atoms with Crippen molar-refractivity contribution in [2.75, 3.05) is 32.1 Å². The number of ether oxygens (including phenoxy) is 2. The highest BCUT2D eigenvalue weighted by atomic mass is 16.5. The molecule has 9 heteroatoms. The van der Waals surface area contributed by atoms with E-state index < -0.39 is 0 Å². The first-order chi connectivity index (χ1) is 21.8. The second kappa shape index (κ2) is 15.3. The van der Waals surface area contributed by atoms with Gasteiger partial charge in [-0.3, -0.25) is 9.69 Å². The normalized spacial score (nSPS) is 19.6. The van der Waals surface area contributed by atoms with Crippen molar-refractivity contribution in [2.24, 2.45) is 5.92 Å². The van der Waals surface area contributed by atoms with E-state index in [9.17, 15) is 14.7 Å². The standard InChI is InChI=1S/C36H46N4O5/c1-25-21-40(26(2)24-41)35(42)31-15-10-16-32(38-36(43)37-28-11-6-4-7-12-28)34(31)45-33(25)23-39(3)22-27-17-19-30(20-18-27)44-29-13-8-5-9-14-29/h5,8-10,13-20,25-26,28,33,41H,4,6-7,11-12,21-24H2,1-3H3,(H2,37,38,43)/t25-,26-,33-/m0/s1. The van der Waals surface area contributed by atoms with Gasteiger partial charge in [-0.1, -0.05) is 62.6 Å². The fourth-order valence-electron chi connectivity index (χ4n) is 6.12. The number of aliphatic hydroxyl groups excluding tert-OH is 1. The SMILES string of the molecule is C[C@H]1CN([C@@H](C)CO)C(=O)c2cccc(NC(=O)NC3CCCCC3)c2O[C@H]1CN(C)Cc1ccc(Oc2ccccc2)cc1. The van der Waals surface area contributed by atoms with Crippen LogP contribution in [-0.2, 0) is 6.54 Å². The van der Waals surface area contributed by atoms with Crippen molar-refractivity contribution in [3.63, 3.8) is 0 Å². The van der Waals surface area contributed by atoms with E-state index >= 15 is 0 Å². The van der Waals surface area contributed by atoms with Crippen molar-refractivity contribution in [1.29, 1.82) is 0 Å². The van der Waals surface area contributed by atoms with Gasteiger partial charge >= 0.3 is 6.03 Å². The van der Waals surface area contributed by atoms with Gasteiger partial charge in [-0.25, -0.2) is 4.79 Å². The van der Waals surface area contributed by atoms with Gasteiger partial charge in [0.25, 0.3) is 5.91 Å². The zero-order chi connectivity index (χ0) is 31.8. The number of hydrogen-bond acceptors (Lipinski definition) is 6. The molecule has 3 amide bonds. The number of amides is 3. The van der Waals surface area contributed by atoms with Gasteiger partial charge in [-0.05, 0) is 68.8 Å². The zero-order valence-electron chi connectivity index (χ0n) is 26.6. The highest BCUT2D eigenvalue weighted by molar-refractivity contribution is 6.01. The molecule has 0 saturated heterocycles. The second-order valence-corrected chi connectivity index (χ2v) is 12.5. The van der Waals surface area contributed by atoms with Crippen molar-refractivity contribution in [3.05, 3.63) is 83.9 Å². The third kappa shape index (κ3) is 8.55. The van der Waals surface area contributed by atoms with E-state index in [-0.39, 0.29) is 42.7 Å². The van der Waals surface area contributed by atoms with Gasteiger partial charge in [0.05, 0.1) is 23.9 Å². The number of rotatable bonds is 10. The van der Waals surface area contributed by atoms with Crippen molar-refractivity contribution >= 4 is 17.6 Å². The van der Waals surface area contributed by atoms with Crippen LogP contribution >= 0.6 is 0 Å². The molecule has 0 unspecified atom stereocenters. The molecule has 3 aromatic carbocycles. The van der Waals surface area contributed by atoms with Crippen LogP contribution in [0.5, 0.6) is 17.2 Å². The monoisotopic (exact) mass is 614 g/mol. The molecule has 3 atom stereocenters. The molecule has 3 N–H and O–H groups in total. The van der Waals surface area contributed by atoms with Crippen molar-refractivity contribution in [2.45, 2.75) is 70.7 Å². The van der Waals surface area contributed by atoms with Crippen LogP contribution in [0, 0.1) is 5.92 Å². The summed E-state index contributed by atoms with van der Waals surface area (Å²) >= 11 is 0. The molecule has 1 aliphatic heterocycles. The molecule has 1 heterocycles. The van der Waals surface area contributed by atoms with Gasteiger partial charge < -0.3 is 30.1 Å². The number of nitrogens with one attached hydrogen (secondary N) is 2. The zero-order valence-corrected chi connectivity index (χ0v) is 26.6. The van der Waals surface area contributed by atoms with Gasteiger partial charge in [-0.2, -0.15) is 0 Å². The van der Waals surface area contributed by atoms with Crippen LogP contribution in [0.3, 0.4) is 0 Å². The Bertz CT molecular complexity index is 1410. The Morgan fingerprint density at radius 2 is 1.73 bits per heavy atom. The molecule has 5 rings (SSSR count). The largest absolute Gasteiger partial charge is 0.486 e. The van der Waals surface area contributed by atoms with Gasteiger partial charge in [0, 0.05) is 31.6 Å². The number of carbonyl (C=O) groups excluding carboxylic acids is 2. The molecular weight excluding hydrogens is 568 g/mol. The van der Waals surface area contributed by atoms with Crippen molar-refractivity contribution < 1.29 is 24.2 Å². The Kier molecular flexibility index (Phi) is 11.0. The van der Waals surface area contributed by atoms with Gasteiger partial charge in [0.1, 0.15) is 17.6 Å². The molecule has 0 radical (unpaired) electrons. The molecule has 1 aliphatic carbocycles. The fraction of sp³-hybridized carbons (Fsp3) is 0.444. The topological polar surface area (TPSA) is 103 Å². The first kappa shape index (κ1) is 32.3. The average molecular weight is 615 g/mol. The molecule has 2 aliphatic rings. The lowest BCUT2D eigenvalue weighted by molar-refractivity contribution is 0.0343. The molecule has 0 spiro atoms. The first-order valence-corrected chi connectivity index (χ1v) is 16.1. The van der Waals surface area contributed by atoms with Crippen molar-refractivity contribution in [1.82, 2.24) is 15.1 Å². The minimum absolute atomic E-state index is 0.0516. The van der Waals surface area contributed by atoms with Crippen molar-refractivity contribution in [3.8, 4) is 17.2 Å². The van der Waals surface area contributed by atoms with Crippen LogP contribution in [-0.4, -0.2) is 71.8 Å². The molecule has 1 fully saturated rings. The van der Waals surface area contributed by atoms with E-state index in [0.29, 0.717) is 36.6 Å². The summed E-state index contributed by atoms with van der Waals surface area (Å²) in [5.74, 6) is 1.66. The summed E-state index contributed by atoms with van der Waals surface area (Å²) in [5.41, 5.74) is 1.96. The average Bonchev–Trinajstić information content (AvgIpc) is 3.04. The minimum atomic E-state index is -0.368. The van der Waals surface area contributed by atoms with Crippen LogP contribution < -0.4 is 20.1 Å². The second-order valence-electron chi connectivity index (χ2n) is 12.5. The van der Waals surface area contributed by atoms with E-state index in [0.717, 1.165) is 42.7 Å². The Labute approximate surface area is 266 Å². The fourth-order valence-corrected chi connectivity index (χ4v) is 6.12. The summed E-state index contributed by atoms with van der Waals surface area (Å²) in [7, 11) is 2.05.